The average Bonchev–Trinajstić information content (AvgIpc) is 2.38. The van der Waals surface area contributed by atoms with Gasteiger partial charge in [-0.1, -0.05) is 11.6 Å². The molecule has 0 fully saturated rings. The lowest BCUT2D eigenvalue weighted by atomic mass is 10.1. The predicted molar refractivity (Wildman–Crippen MR) is 45.8 cm³/mol. The third-order valence-corrected chi connectivity index (χ3v) is 2.27. The Morgan fingerprint density at radius 1 is 1.54 bits per heavy atom. The minimum atomic E-state index is -0.656. The summed E-state index contributed by atoms with van der Waals surface area (Å²) in [7, 11) is 0. The van der Waals surface area contributed by atoms with Crippen molar-refractivity contribution in [3.05, 3.63) is 28.5 Å². The third-order valence-electron chi connectivity index (χ3n) is 1.98. The zero-order valence-corrected chi connectivity index (χ0v) is 7.56. The van der Waals surface area contributed by atoms with Crippen molar-refractivity contribution >= 4 is 17.4 Å². The first-order chi connectivity index (χ1) is 6.11. The molecule has 2 nitrogen and oxygen atoms in total. The van der Waals surface area contributed by atoms with Gasteiger partial charge in [0.25, 0.3) is 0 Å². The molecule has 0 radical (unpaired) electrons. The van der Waals surface area contributed by atoms with Crippen molar-refractivity contribution < 1.29 is 13.9 Å². The van der Waals surface area contributed by atoms with E-state index in [2.05, 4.69) is 0 Å². The van der Waals surface area contributed by atoms with Crippen LogP contribution in [0.1, 0.15) is 17.3 Å². The molecule has 1 aliphatic rings. The van der Waals surface area contributed by atoms with Crippen molar-refractivity contribution in [3.8, 4) is 5.75 Å². The molecule has 0 spiro atoms. The monoisotopic (exact) mass is 200 g/mol. The molecule has 1 unspecified atom stereocenters. The van der Waals surface area contributed by atoms with Crippen molar-refractivity contribution in [1.82, 2.24) is 0 Å². The van der Waals surface area contributed by atoms with Crippen LogP contribution in [0.2, 0.25) is 5.02 Å². The molecule has 0 saturated heterocycles. The van der Waals surface area contributed by atoms with Gasteiger partial charge in [-0.05, 0) is 19.1 Å². The van der Waals surface area contributed by atoms with Gasteiger partial charge in [0.2, 0.25) is 5.78 Å². The highest BCUT2D eigenvalue weighted by molar-refractivity contribution is 6.31. The Kier molecular flexibility index (Phi) is 1.77. The summed E-state index contributed by atoms with van der Waals surface area (Å²) in [5.41, 5.74) is 0.273. The summed E-state index contributed by atoms with van der Waals surface area (Å²) >= 11 is 5.52. The van der Waals surface area contributed by atoms with Gasteiger partial charge in [0.1, 0.15) is 0 Å². The number of Topliss-reactive ketones (excluding diaryl/α,β-unsaturated/α-hetero) is 1. The fraction of sp³-hybridized carbons (Fsp3) is 0.222. The molecule has 13 heavy (non-hydrogen) atoms. The summed E-state index contributed by atoms with van der Waals surface area (Å²) in [4.78, 5) is 11.3. The molecular formula is C9H6ClFO2. The van der Waals surface area contributed by atoms with Crippen LogP contribution in [0.5, 0.6) is 5.75 Å². The summed E-state index contributed by atoms with van der Waals surface area (Å²) in [5, 5.41) is -0.0272. The summed E-state index contributed by atoms with van der Waals surface area (Å²) in [5.74, 6) is -0.882. The van der Waals surface area contributed by atoms with Crippen LogP contribution in [0.25, 0.3) is 0 Å². The first-order valence-corrected chi connectivity index (χ1v) is 4.18. The molecule has 1 aliphatic heterocycles. The van der Waals surface area contributed by atoms with Gasteiger partial charge < -0.3 is 4.74 Å². The third kappa shape index (κ3) is 1.11. The number of ether oxygens (including phenoxy) is 1. The quantitative estimate of drug-likeness (QED) is 0.643. The maximum atomic E-state index is 13.2. The van der Waals surface area contributed by atoms with Crippen molar-refractivity contribution in [1.29, 1.82) is 0 Å². The number of halogens is 2. The SMILES string of the molecule is CC1Oc2c(ccc(Cl)c2F)C1=O. The number of hydrogen-bond donors (Lipinski definition) is 0. The van der Waals surface area contributed by atoms with E-state index in [4.69, 9.17) is 16.3 Å². The van der Waals surface area contributed by atoms with E-state index in [9.17, 15) is 9.18 Å². The van der Waals surface area contributed by atoms with Crippen LogP contribution in [0.3, 0.4) is 0 Å². The number of carbonyl (C=O) groups is 1. The van der Waals surface area contributed by atoms with Crippen LogP contribution in [0, 0.1) is 5.82 Å². The molecule has 1 atom stereocenters. The van der Waals surface area contributed by atoms with E-state index in [0.717, 1.165) is 0 Å². The molecule has 0 amide bonds. The molecule has 4 heteroatoms. The molecule has 0 aromatic heterocycles. The standard InChI is InChI=1S/C9H6ClFO2/c1-4-8(12)5-2-3-6(10)7(11)9(5)13-4/h2-4H,1H3. The van der Waals surface area contributed by atoms with E-state index in [1.54, 1.807) is 6.92 Å². The van der Waals surface area contributed by atoms with Crippen LogP contribution >= 0.6 is 11.6 Å². The molecule has 68 valence electrons. The fourth-order valence-electron chi connectivity index (χ4n) is 1.29. The number of fused-ring (bicyclic) bond motifs is 1. The highest BCUT2D eigenvalue weighted by atomic mass is 35.5. The Morgan fingerprint density at radius 2 is 2.23 bits per heavy atom. The summed E-state index contributed by atoms with van der Waals surface area (Å²) in [6, 6.07) is 2.83. The Labute approximate surface area is 79.3 Å². The molecular weight excluding hydrogens is 195 g/mol. The molecule has 1 aromatic carbocycles. The zero-order chi connectivity index (χ0) is 9.59. The largest absolute Gasteiger partial charge is 0.479 e. The van der Waals surface area contributed by atoms with E-state index in [1.165, 1.54) is 12.1 Å². The maximum Gasteiger partial charge on any atom is 0.206 e. The van der Waals surface area contributed by atoms with Gasteiger partial charge >= 0.3 is 0 Å². The van der Waals surface area contributed by atoms with Gasteiger partial charge in [-0.3, -0.25) is 4.79 Å². The molecule has 0 aliphatic carbocycles. The van der Waals surface area contributed by atoms with Crippen LogP contribution < -0.4 is 4.74 Å². The second-order valence-electron chi connectivity index (χ2n) is 2.86. The van der Waals surface area contributed by atoms with Crippen molar-refractivity contribution in [2.45, 2.75) is 13.0 Å². The van der Waals surface area contributed by atoms with E-state index in [1.807, 2.05) is 0 Å². The first-order valence-electron chi connectivity index (χ1n) is 3.80. The molecule has 1 aromatic rings. The minimum Gasteiger partial charge on any atom is -0.479 e. The fourth-order valence-corrected chi connectivity index (χ4v) is 1.44. The van der Waals surface area contributed by atoms with Gasteiger partial charge in [-0.2, -0.15) is 0 Å². The average molecular weight is 201 g/mol. The number of benzene rings is 1. The molecule has 0 saturated carbocycles. The van der Waals surface area contributed by atoms with E-state index < -0.39 is 11.9 Å². The summed E-state index contributed by atoms with van der Waals surface area (Å²) in [6.45, 7) is 1.58. The van der Waals surface area contributed by atoms with Crippen LogP contribution in [0.4, 0.5) is 4.39 Å². The number of ketones is 1. The zero-order valence-electron chi connectivity index (χ0n) is 6.80. The Morgan fingerprint density at radius 3 is 2.92 bits per heavy atom. The van der Waals surface area contributed by atoms with E-state index >= 15 is 0 Å². The maximum absolute atomic E-state index is 13.2. The van der Waals surface area contributed by atoms with Crippen LogP contribution in [-0.2, 0) is 0 Å². The Hall–Kier alpha value is -1.09. The minimum absolute atomic E-state index is 0.0231. The van der Waals surface area contributed by atoms with Gasteiger partial charge in [0.05, 0.1) is 10.6 Å². The summed E-state index contributed by atoms with van der Waals surface area (Å²) in [6.07, 6.45) is -0.608. The van der Waals surface area contributed by atoms with Crippen LogP contribution in [0.15, 0.2) is 12.1 Å². The second-order valence-corrected chi connectivity index (χ2v) is 3.27. The van der Waals surface area contributed by atoms with Crippen molar-refractivity contribution in [3.63, 3.8) is 0 Å². The van der Waals surface area contributed by atoms with Gasteiger partial charge in [-0.15, -0.1) is 0 Å². The van der Waals surface area contributed by atoms with Gasteiger partial charge in [0.15, 0.2) is 17.7 Å². The number of carbonyl (C=O) groups excluding carboxylic acids is 1. The Balaban J connectivity index is 2.64. The number of hydrogen-bond acceptors (Lipinski definition) is 2. The van der Waals surface area contributed by atoms with Crippen molar-refractivity contribution in [2.75, 3.05) is 0 Å². The van der Waals surface area contributed by atoms with E-state index in [-0.39, 0.29) is 22.1 Å². The lowest BCUT2D eigenvalue weighted by molar-refractivity contribution is 0.0876. The smallest absolute Gasteiger partial charge is 0.206 e. The highest BCUT2D eigenvalue weighted by Gasteiger charge is 2.31. The first kappa shape index (κ1) is 8.51. The molecule has 2 rings (SSSR count). The van der Waals surface area contributed by atoms with Crippen LogP contribution in [-0.4, -0.2) is 11.9 Å². The lowest BCUT2D eigenvalue weighted by Gasteiger charge is -2.02. The van der Waals surface area contributed by atoms with Gasteiger partial charge in [0, 0.05) is 0 Å². The molecule has 0 bridgehead atoms. The molecule has 1 heterocycles. The number of rotatable bonds is 0. The normalized spacial score (nSPS) is 19.9. The second kappa shape index (κ2) is 2.70. The highest BCUT2D eigenvalue weighted by Crippen LogP contribution is 2.34. The topological polar surface area (TPSA) is 26.3 Å². The van der Waals surface area contributed by atoms with E-state index in [0.29, 0.717) is 0 Å². The Bertz CT molecular complexity index is 389. The molecule has 0 N–H and O–H groups in total. The van der Waals surface area contributed by atoms with Gasteiger partial charge in [-0.25, -0.2) is 4.39 Å². The predicted octanol–water partition coefficient (Wildman–Crippen LogP) is 2.44. The summed E-state index contributed by atoms with van der Waals surface area (Å²) < 4.78 is 18.3. The van der Waals surface area contributed by atoms with Crippen molar-refractivity contribution in [2.24, 2.45) is 0 Å². The lowest BCUT2D eigenvalue weighted by Crippen LogP contribution is -2.14.